The number of carbonyl (C=O) groups is 1. The van der Waals surface area contributed by atoms with Crippen LogP contribution in [-0.2, 0) is 23.6 Å². The van der Waals surface area contributed by atoms with Crippen molar-refractivity contribution < 1.29 is 14.6 Å². The summed E-state index contributed by atoms with van der Waals surface area (Å²) < 4.78 is 6.75. The number of benzene rings is 1. The molecule has 0 saturated carbocycles. The van der Waals surface area contributed by atoms with Gasteiger partial charge in [0.25, 0.3) is 0 Å². The summed E-state index contributed by atoms with van der Waals surface area (Å²) in [5.41, 5.74) is 2.43. The van der Waals surface area contributed by atoms with E-state index in [0.29, 0.717) is 12.1 Å². The molecule has 3 aromatic rings. The molecule has 2 aromatic heterocycles. The summed E-state index contributed by atoms with van der Waals surface area (Å²) in [6.45, 7) is 0.671. The van der Waals surface area contributed by atoms with Gasteiger partial charge in [0, 0.05) is 10.6 Å². The maximum Gasteiger partial charge on any atom is 0.337 e. The molecule has 0 saturated heterocycles. The first-order chi connectivity index (χ1) is 12.2. The number of aliphatic hydroxyl groups excluding tert-OH is 1. The molecule has 0 radical (unpaired) electrons. The van der Waals surface area contributed by atoms with Crippen molar-refractivity contribution in [2.24, 2.45) is 0 Å². The molecular formula is C18H18N2O3S2. The minimum absolute atomic E-state index is 0.0350. The van der Waals surface area contributed by atoms with Gasteiger partial charge in [-0.15, -0.1) is 11.3 Å². The van der Waals surface area contributed by atoms with Crippen molar-refractivity contribution in [1.29, 1.82) is 0 Å². The lowest BCUT2D eigenvalue weighted by Gasteiger charge is -2.09. The second-order valence-electron chi connectivity index (χ2n) is 5.33. The Morgan fingerprint density at radius 1 is 1.32 bits per heavy atom. The van der Waals surface area contributed by atoms with E-state index < -0.39 is 0 Å². The van der Waals surface area contributed by atoms with Crippen LogP contribution in [0.15, 0.2) is 53.1 Å². The number of rotatable bonds is 7. The van der Waals surface area contributed by atoms with Crippen molar-refractivity contribution in [3.63, 3.8) is 0 Å². The van der Waals surface area contributed by atoms with E-state index >= 15 is 0 Å². The van der Waals surface area contributed by atoms with Crippen LogP contribution in [0.2, 0.25) is 0 Å². The van der Waals surface area contributed by atoms with E-state index in [2.05, 4.69) is 11.1 Å². The Hall–Kier alpha value is -2.09. The highest BCUT2D eigenvalue weighted by atomic mass is 32.2. The Kier molecular flexibility index (Phi) is 5.91. The predicted octanol–water partition coefficient (Wildman–Crippen LogP) is 3.56. The summed E-state index contributed by atoms with van der Waals surface area (Å²) in [5, 5.41) is 12.5. The van der Waals surface area contributed by atoms with Gasteiger partial charge >= 0.3 is 5.97 Å². The number of carbonyl (C=O) groups excluding carboxylic acids is 1. The van der Waals surface area contributed by atoms with Gasteiger partial charge in [0.2, 0.25) is 0 Å². The summed E-state index contributed by atoms with van der Waals surface area (Å²) in [5.74, 6) is 0.395. The van der Waals surface area contributed by atoms with Gasteiger partial charge in [-0.25, -0.2) is 9.78 Å². The maximum absolute atomic E-state index is 11.5. The topological polar surface area (TPSA) is 64.3 Å². The van der Waals surface area contributed by atoms with Crippen LogP contribution in [-0.4, -0.2) is 27.7 Å². The molecule has 1 N–H and O–H groups in total. The first-order valence-corrected chi connectivity index (χ1v) is 9.55. The van der Waals surface area contributed by atoms with Gasteiger partial charge in [-0.1, -0.05) is 30.0 Å². The number of methoxy groups -OCH3 is 1. The van der Waals surface area contributed by atoms with Gasteiger partial charge in [-0.2, -0.15) is 0 Å². The molecule has 0 amide bonds. The fourth-order valence-electron chi connectivity index (χ4n) is 2.36. The minimum Gasteiger partial charge on any atom is -0.465 e. The van der Waals surface area contributed by atoms with Crippen LogP contribution >= 0.6 is 23.1 Å². The molecule has 0 bridgehead atoms. The number of thioether (sulfide) groups is 1. The summed E-state index contributed by atoms with van der Waals surface area (Å²) in [6.07, 6.45) is 1.72. The fourth-order valence-corrected chi connectivity index (χ4v) is 4.01. The average Bonchev–Trinajstić information content (AvgIpc) is 3.30. The number of hydrogen-bond donors (Lipinski definition) is 1. The summed E-state index contributed by atoms with van der Waals surface area (Å²) in [6, 6.07) is 11.5. The van der Waals surface area contributed by atoms with Crippen LogP contribution in [0.25, 0.3) is 0 Å². The number of thiophene rings is 1. The summed E-state index contributed by atoms with van der Waals surface area (Å²) >= 11 is 3.29. The standard InChI is InChI=1S/C18H18N2O3S2/c1-23-17(22)14-6-4-13(5-7-14)12-25-18-19-9-15(11-21)20(18)10-16-3-2-8-24-16/h2-9,21H,10-12H2,1H3. The van der Waals surface area contributed by atoms with Gasteiger partial charge in [0.15, 0.2) is 5.16 Å². The molecule has 0 fully saturated rings. The van der Waals surface area contributed by atoms with Gasteiger partial charge in [-0.3, -0.25) is 0 Å². The molecular weight excluding hydrogens is 356 g/mol. The lowest BCUT2D eigenvalue weighted by Crippen LogP contribution is -2.05. The Labute approximate surface area is 154 Å². The Balaban J connectivity index is 1.70. The maximum atomic E-state index is 11.5. The van der Waals surface area contributed by atoms with Crippen LogP contribution in [0.1, 0.15) is 26.5 Å². The van der Waals surface area contributed by atoms with Crippen molar-refractivity contribution in [2.45, 2.75) is 24.1 Å². The number of aromatic nitrogens is 2. The lowest BCUT2D eigenvalue weighted by molar-refractivity contribution is 0.0600. The first kappa shape index (κ1) is 17.7. The molecule has 7 heteroatoms. The molecule has 0 spiro atoms. The quantitative estimate of drug-likeness (QED) is 0.506. The zero-order valence-corrected chi connectivity index (χ0v) is 15.3. The number of aliphatic hydroxyl groups is 1. The van der Waals surface area contributed by atoms with E-state index in [1.807, 2.05) is 28.1 Å². The molecule has 0 aliphatic heterocycles. The van der Waals surface area contributed by atoms with Crippen molar-refractivity contribution in [3.8, 4) is 0 Å². The zero-order chi connectivity index (χ0) is 17.6. The highest BCUT2D eigenvalue weighted by Crippen LogP contribution is 2.25. The van der Waals surface area contributed by atoms with Gasteiger partial charge < -0.3 is 14.4 Å². The third kappa shape index (κ3) is 4.31. The van der Waals surface area contributed by atoms with Crippen LogP contribution < -0.4 is 0 Å². The van der Waals surface area contributed by atoms with Gasteiger partial charge in [-0.05, 0) is 29.1 Å². The minimum atomic E-state index is -0.335. The van der Waals surface area contributed by atoms with E-state index in [-0.39, 0.29) is 12.6 Å². The van der Waals surface area contributed by atoms with Crippen LogP contribution in [0, 0.1) is 0 Å². The van der Waals surface area contributed by atoms with Gasteiger partial charge in [0.05, 0.1) is 37.7 Å². The molecule has 0 aliphatic rings. The smallest absolute Gasteiger partial charge is 0.337 e. The number of ether oxygens (including phenoxy) is 1. The van der Waals surface area contributed by atoms with Crippen molar-refractivity contribution in [1.82, 2.24) is 9.55 Å². The number of esters is 1. The molecule has 25 heavy (non-hydrogen) atoms. The van der Waals surface area contributed by atoms with Gasteiger partial charge in [0.1, 0.15) is 0 Å². The first-order valence-electron chi connectivity index (χ1n) is 7.69. The lowest BCUT2D eigenvalue weighted by atomic mass is 10.1. The van der Waals surface area contributed by atoms with Crippen LogP contribution in [0.4, 0.5) is 0 Å². The second kappa shape index (κ2) is 8.33. The SMILES string of the molecule is COC(=O)c1ccc(CSc2ncc(CO)n2Cc2cccs2)cc1. The van der Waals surface area contributed by atoms with E-state index in [0.717, 1.165) is 22.2 Å². The monoisotopic (exact) mass is 374 g/mol. The van der Waals surface area contributed by atoms with Crippen LogP contribution in [0.5, 0.6) is 0 Å². The fraction of sp³-hybridized carbons (Fsp3) is 0.222. The van der Waals surface area contributed by atoms with Crippen molar-refractivity contribution in [3.05, 3.63) is 69.7 Å². The second-order valence-corrected chi connectivity index (χ2v) is 7.31. The van der Waals surface area contributed by atoms with Crippen molar-refractivity contribution >= 4 is 29.1 Å². The number of nitrogens with zero attached hydrogens (tertiary/aromatic N) is 2. The molecule has 130 valence electrons. The third-order valence-electron chi connectivity index (χ3n) is 3.70. The number of imidazole rings is 1. The third-order valence-corrected chi connectivity index (χ3v) is 5.62. The normalized spacial score (nSPS) is 10.8. The average molecular weight is 374 g/mol. The molecule has 3 rings (SSSR count). The molecule has 2 heterocycles. The molecule has 0 aliphatic carbocycles. The largest absolute Gasteiger partial charge is 0.465 e. The Morgan fingerprint density at radius 2 is 2.12 bits per heavy atom. The highest BCUT2D eigenvalue weighted by Gasteiger charge is 2.12. The predicted molar refractivity (Wildman–Crippen MR) is 98.9 cm³/mol. The summed E-state index contributed by atoms with van der Waals surface area (Å²) in [7, 11) is 1.37. The van der Waals surface area contributed by atoms with E-state index in [1.165, 1.54) is 12.0 Å². The molecule has 5 nitrogen and oxygen atoms in total. The Morgan fingerprint density at radius 3 is 2.76 bits per heavy atom. The highest BCUT2D eigenvalue weighted by molar-refractivity contribution is 7.98. The van der Waals surface area contributed by atoms with E-state index in [4.69, 9.17) is 4.74 Å². The van der Waals surface area contributed by atoms with Crippen molar-refractivity contribution in [2.75, 3.05) is 7.11 Å². The van der Waals surface area contributed by atoms with E-state index in [1.54, 1.807) is 41.4 Å². The number of hydrogen-bond acceptors (Lipinski definition) is 6. The molecule has 1 aromatic carbocycles. The zero-order valence-electron chi connectivity index (χ0n) is 13.7. The van der Waals surface area contributed by atoms with E-state index in [9.17, 15) is 9.90 Å². The molecule has 0 atom stereocenters. The van der Waals surface area contributed by atoms with Crippen LogP contribution in [0.3, 0.4) is 0 Å². The molecule has 0 unspecified atom stereocenters. The Bertz CT molecular complexity index is 827. The summed E-state index contributed by atoms with van der Waals surface area (Å²) in [4.78, 5) is 17.1.